The number of hydrogen-bond donors (Lipinski definition) is 1. The number of rotatable bonds is 3. The smallest absolute Gasteiger partial charge is 0.336 e. The van der Waals surface area contributed by atoms with E-state index < -0.39 is 11.9 Å². The number of ether oxygens (including phenoxy) is 1. The summed E-state index contributed by atoms with van der Waals surface area (Å²) in [5.41, 5.74) is 0.170. The van der Waals surface area contributed by atoms with E-state index in [1.54, 1.807) is 30.3 Å². The largest absolute Gasteiger partial charge is 0.478 e. The summed E-state index contributed by atoms with van der Waals surface area (Å²) < 4.78 is 5.06. The molecular formula is C14H10O4. The fourth-order valence-corrected chi connectivity index (χ4v) is 1.71. The fraction of sp³-hybridized carbons (Fsp3) is 0. The van der Waals surface area contributed by atoms with E-state index in [0.717, 1.165) is 6.08 Å². The quantitative estimate of drug-likeness (QED) is 0.510. The molecule has 0 aliphatic heterocycles. The molecule has 1 N–H and O–H groups in total. The van der Waals surface area contributed by atoms with Crippen LogP contribution in [0.2, 0.25) is 0 Å². The topological polar surface area (TPSA) is 63.6 Å². The summed E-state index contributed by atoms with van der Waals surface area (Å²) in [6.07, 6.45) is 1.06. The molecule has 0 heterocycles. The first kappa shape index (κ1) is 11.9. The van der Waals surface area contributed by atoms with E-state index in [0.29, 0.717) is 16.5 Å². The third-order valence-electron chi connectivity index (χ3n) is 2.49. The average molecular weight is 242 g/mol. The molecule has 0 spiro atoms. The van der Waals surface area contributed by atoms with Crippen molar-refractivity contribution < 1.29 is 19.4 Å². The second-order valence-corrected chi connectivity index (χ2v) is 3.59. The van der Waals surface area contributed by atoms with Gasteiger partial charge in [-0.2, -0.15) is 0 Å². The molecule has 0 aliphatic rings. The zero-order chi connectivity index (χ0) is 13.1. The van der Waals surface area contributed by atoms with E-state index in [-0.39, 0.29) is 5.56 Å². The van der Waals surface area contributed by atoms with Crippen LogP contribution in [0.1, 0.15) is 10.4 Å². The fourth-order valence-electron chi connectivity index (χ4n) is 1.71. The summed E-state index contributed by atoms with van der Waals surface area (Å²) in [6.45, 7) is 3.31. The van der Waals surface area contributed by atoms with E-state index in [1.165, 1.54) is 6.07 Å². The third kappa shape index (κ3) is 2.08. The minimum Gasteiger partial charge on any atom is -0.478 e. The molecule has 0 amide bonds. The van der Waals surface area contributed by atoms with Gasteiger partial charge in [-0.15, -0.1) is 0 Å². The molecule has 2 aromatic carbocycles. The van der Waals surface area contributed by atoms with Crippen LogP contribution in [0.5, 0.6) is 5.75 Å². The number of esters is 1. The number of carboxylic acids is 1. The van der Waals surface area contributed by atoms with Crippen molar-refractivity contribution in [2.24, 2.45) is 0 Å². The van der Waals surface area contributed by atoms with Crippen LogP contribution in [-0.2, 0) is 4.79 Å². The van der Waals surface area contributed by atoms with Gasteiger partial charge < -0.3 is 9.84 Å². The lowest BCUT2D eigenvalue weighted by molar-refractivity contribution is -0.128. The average Bonchev–Trinajstić information content (AvgIpc) is 2.38. The van der Waals surface area contributed by atoms with E-state index >= 15 is 0 Å². The van der Waals surface area contributed by atoms with Crippen LogP contribution in [0.15, 0.2) is 49.1 Å². The molecule has 2 aromatic rings. The van der Waals surface area contributed by atoms with Gasteiger partial charge in [-0.1, -0.05) is 30.8 Å². The van der Waals surface area contributed by atoms with Crippen LogP contribution < -0.4 is 4.74 Å². The van der Waals surface area contributed by atoms with Crippen molar-refractivity contribution in [2.45, 2.75) is 0 Å². The second kappa shape index (κ2) is 4.71. The first-order valence-electron chi connectivity index (χ1n) is 5.23. The summed E-state index contributed by atoms with van der Waals surface area (Å²) in [6, 6.07) is 9.73. The Hall–Kier alpha value is -2.62. The Morgan fingerprint density at radius 1 is 1.11 bits per heavy atom. The lowest BCUT2D eigenvalue weighted by Gasteiger charge is -2.07. The van der Waals surface area contributed by atoms with Gasteiger partial charge >= 0.3 is 11.9 Å². The standard InChI is InChI=1S/C14H10O4/c1-2-13(15)18-12-8-4-5-9-10(12)6-3-7-11(9)14(16)17/h2-8H,1H2,(H,16,17). The number of hydrogen-bond acceptors (Lipinski definition) is 3. The zero-order valence-electron chi connectivity index (χ0n) is 9.42. The highest BCUT2D eigenvalue weighted by atomic mass is 16.5. The Morgan fingerprint density at radius 2 is 1.78 bits per heavy atom. The van der Waals surface area contributed by atoms with Gasteiger partial charge in [-0.3, -0.25) is 0 Å². The van der Waals surface area contributed by atoms with Gasteiger partial charge in [0.2, 0.25) is 0 Å². The van der Waals surface area contributed by atoms with Gasteiger partial charge in [0.15, 0.2) is 0 Å². The number of benzene rings is 2. The van der Waals surface area contributed by atoms with Crippen molar-refractivity contribution in [1.82, 2.24) is 0 Å². The van der Waals surface area contributed by atoms with E-state index in [9.17, 15) is 9.59 Å². The summed E-state index contributed by atoms with van der Waals surface area (Å²) >= 11 is 0. The zero-order valence-corrected chi connectivity index (χ0v) is 9.42. The second-order valence-electron chi connectivity index (χ2n) is 3.59. The molecule has 90 valence electrons. The highest BCUT2D eigenvalue weighted by molar-refractivity contribution is 6.05. The molecule has 0 bridgehead atoms. The first-order valence-corrected chi connectivity index (χ1v) is 5.23. The van der Waals surface area contributed by atoms with Crippen LogP contribution in [0.25, 0.3) is 10.8 Å². The summed E-state index contributed by atoms with van der Waals surface area (Å²) in [4.78, 5) is 22.3. The summed E-state index contributed by atoms with van der Waals surface area (Å²) in [7, 11) is 0. The number of carbonyl (C=O) groups excluding carboxylic acids is 1. The Bertz CT molecular complexity index is 643. The molecule has 0 aromatic heterocycles. The van der Waals surface area contributed by atoms with Gasteiger partial charge in [0.25, 0.3) is 0 Å². The van der Waals surface area contributed by atoms with Crippen molar-refractivity contribution in [2.75, 3.05) is 0 Å². The highest BCUT2D eigenvalue weighted by Gasteiger charge is 2.11. The van der Waals surface area contributed by atoms with Gasteiger partial charge in [0, 0.05) is 11.5 Å². The maximum atomic E-state index is 11.2. The molecule has 18 heavy (non-hydrogen) atoms. The van der Waals surface area contributed by atoms with Crippen LogP contribution in [0, 0.1) is 0 Å². The molecule has 0 atom stereocenters. The normalized spacial score (nSPS) is 10.0. The molecule has 4 nitrogen and oxygen atoms in total. The molecule has 0 saturated carbocycles. The molecule has 0 saturated heterocycles. The molecule has 0 unspecified atom stereocenters. The predicted molar refractivity (Wildman–Crippen MR) is 66.7 cm³/mol. The molecule has 4 heteroatoms. The minimum atomic E-state index is -1.02. The van der Waals surface area contributed by atoms with Crippen molar-refractivity contribution in [1.29, 1.82) is 0 Å². The molecule has 2 rings (SSSR count). The van der Waals surface area contributed by atoms with Crippen molar-refractivity contribution in [3.63, 3.8) is 0 Å². The van der Waals surface area contributed by atoms with E-state index in [4.69, 9.17) is 9.84 Å². The van der Waals surface area contributed by atoms with Crippen molar-refractivity contribution >= 4 is 22.7 Å². The monoisotopic (exact) mass is 242 g/mol. The van der Waals surface area contributed by atoms with E-state index in [1.807, 2.05) is 0 Å². The van der Waals surface area contributed by atoms with E-state index in [2.05, 4.69) is 6.58 Å². The lowest BCUT2D eigenvalue weighted by Crippen LogP contribution is -2.04. The third-order valence-corrected chi connectivity index (χ3v) is 2.49. The van der Waals surface area contributed by atoms with Gasteiger partial charge in [0.1, 0.15) is 5.75 Å². The maximum Gasteiger partial charge on any atom is 0.336 e. The first-order chi connectivity index (χ1) is 8.63. The van der Waals surface area contributed by atoms with Crippen LogP contribution >= 0.6 is 0 Å². The number of carboxylic acid groups (broad SMARTS) is 1. The van der Waals surface area contributed by atoms with Gasteiger partial charge in [-0.05, 0) is 17.5 Å². The molecule has 0 radical (unpaired) electrons. The van der Waals surface area contributed by atoms with Crippen LogP contribution in [0.3, 0.4) is 0 Å². The Morgan fingerprint density at radius 3 is 2.44 bits per heavy atom. The molecule has 0 fully saturated rings. The highest BCUT2D eigenvalue weighted by Crippen LogP contribution is 2.28. The summed E-state index contributed by atoms with van der Waals surface area (Å²) in [5, 5.41) is 10.2. The maximum absolute atomic E-state index is 11.2. The van der Waals surface area contributed by atoms with Crippen molar-refractivity contribution in [3.05, 3.63) is 54.6 Å². The lowest BCUT2D eigenvalue weighted by atomic mass is 10.0. The van der Waals surface area contributed by atoms with Gasteiger partial charge in [-0.25, -0.2) is 9.59 Å². The summed E-state index contributed by atoms with van der Waals surface area (Å²) in [5.74, 6) is -1.28. The molecular weight excluding hydrogens is 232 g/mol. The van der Waals surface area contributed by atoms with Gasteiger partial charge in [0.05, 0.1) is 5.56 Å². The number of carbonyl (C=O) groups is 2. The van der Waals surface area contributed by atoms with Crippen LogP contribution in [0.4, 0.5) is 0 Å². The number of fused-ring (bicyclic) bond motifs is 1. The Labute approximate surface area is 103 Å². The predicted octanol–water partition coefficient (Wildman–Crippen LogP) is 2.63. The Balaban J connectivity index is 2.63. The Kier molecular flexibility index (Phi) is 3.10. The molecule has 0 aliphatic carbocycles. The van der Waals surface area contributed by atoms with Crippen molar-refractivity contribution in [3.8, 4) is 5.75 Å². The minimum absolute atomic E-state index is 0.170. The SMILES string of the molecule is C=CC(=O)Oc1cccc2c(C(=O)O)cccc12. The number of aromatic carboxylic acids is 1. The van der Waals surface area contributed by atoms with Crippen LogP contribution in [-0.4, -0.2) is 17.0 Å².